The summed E-state index contributed by atoms with van der Waals surface area (Å²) in [6.07, 6.45) is 0. The fraction of sp³-hybridized carbons (Fsp3) is 0. The standard InChI is InChI=1S/C20H14N2O2S/c21-20-22-18(12-25-20)14-7-9-17(10-8-14)24-19(23)16-6-5-13-3-1-2-4-15(13)11-16/h1-12H,(H2,21,22). The molecular formula is C20H14N2O2S. The number of esters is 1. The third-order valence-corrected chi connectivity index (χ3v) is 4.54. The van der Waals surface area contributed by atoms with E-state index in [1.54, 1.807) is 18.2 Å². The van der Waals surface area contributed by atoms with Crippen LogP contribution in [0, 0.1) is 0 Å². The second-order valence-corrected chi connectivity index (χ2v) is 6.44. The van der Waals surface area contributed by atoms with Crippen LogP contribution in [0.3, 0.4) is 0 Å². The van der Waals surface area contributed by atoms with Gasteiger partial charge in [0.25, 0.3) is 0 Å². The predicted octanol–water partition coefficient (Wildman–Crippen LogP) is 4.76. The summed E-state index contributed by atoms with van der Waals surface area (Å²) in [6, 6.07) is 20.7. The first-order valence-electron chi connectivity index (χ1n) is 7.71. The van der Waals surface area contributed by atoms with Crippen molar-refractivity contribution in [2.75, 3.05) is 5.73 Å². The number of nitrogen functional groups attached to an aromatic ring is 1. The third-order valence-electron chi connectivity index (χ3n) is 3.87. The molecule has 1 heterocycles. The molecule has 0 amide bonds. The normalized spacial score (nSPS) is 10.7. The molecule has 0 atom stereocenters. The lowest BCUT2D eigenvalue weighted by molar-refractivity contribution is 0.0735. The van der Waals surface area contributed by atoms with E-state index in [0.29, 0.717) is 16.4 Å². The predicted molar refractivity (Wildman–Crippen MR) is 101 cm³/mol. The largest absolute Gasteiger partial charge is 0.423 e. The number of benzene rings is 3. The average Bonchev–Trinajstić information content (AvgIpc) is 3.08. The Labute approximate surface area is 148 Å². The number of rotatable bonds is 3. The van der Waals surface area contributed by atoms with Gasteiger partial charge in [0.1, 0.15) is 5.75 Å². The zero-order valence-corrected chi connectivity index (χ0v) is 14.0. The molecule has 0 aliphatic carbocycles. The van der Waals surface area contributed by atoms with Gasteiger partial charge in [0.2, 0.25) is 0 Å². The minimum absolute atomic E-state index is 0.378. The Morgan fingerprint density at radius 2 is 1.72 bits per heavy atom. The van der Waals surface area contributed by atoms with Crippen LogP contribution in [0.4, 0.5) is 5.13 Å². The molecule has 0 aliphatic rings. The summed E-state index contributed by atoms with van der Waals surface area (Å²) < 4.78 is 5.46. The number of carbonyl (C=O) groups is 1. The summed E-state index contributed by atoms with van der Waals surface area (Å²) in [7, 11) is 0. The van der Waals surface area contributed by atoms with Gasteiger partial charge in [-0.25, -0.2) is 9.78 Å². The summed E-state index contributed by atoms with van der Waals surface area (Å²) in [5.41, 5.74) is 7.92. The van der Waals surface area contributed by atoms with Gasteiger partial charge in [0.15, 0.2) is 5.13 Å². The molecule has 0 unspecified atom stereocenters. The maximum absolute atomic E-state index is 12.4. The molecule has 3 aromatic carbocycles. The van der Waals surface area contributed by atoms with E-state index in [2.05, 4.69) is 4.98 Å². The maximum atomic E-state index is 12.4. The summed E-state index contributed by atoms with van der Waals surface area (Å²) in [6.45, 7) is 0. The molecule has 0 fully saturated rings. The lowest BCUT2D eigenvalue weighted by Crippen LogP contribution is -2.08. The van der Waals surface area contributed by atoms with Gasteiger partial charge in [-0.05, 0) is 47.2 Å². The number of hydrogen-bond donors (Lipinski definition) is 1. The Kier molecular flexibility index (Phi) is 3.91. The zero-order chi connectivity index (χ0) is 17.2. The van der Waals surface area contributed by atoms with Crippen LogP contribution in [0.5, 0.6) is 5.75 Å². The van der Waals surface area contributed by atoms with Gasteiger partial charge in [0.05, 0.1) is 11.3 Å². The lowest BCUT2D eigenvalue weighted by Gasteiger charge is -2.06. The van der Waals surface area contributed by atoms with Crippen LogP contribution in [-0.2, 0) is 0 Å². The van der Waals surface area contributed by atoms with Crippen molar-refractivity contribution in [1.29, 1.82) is 0 Å². The van der Waals surface area contributed by atoms with E-state index >= 15 is 0 Å². The smallest absolute Gasteiger partial charge is 0.343 e. The molecule has 0 radical (unpaired) electrons. The van der Waals surface area contributed by atoms with Crippen LogP contribution < -0.4 is 10.5 Å². The van der Waals surface area contributed by atoms with Crippen LogP contribution in [0.25, 0.3) is 22.0 Å². The topological polar surface area (TPSA) is 65.2 Å². The van der Waals surface area contributed by atoms with Crippen molar-refractivity contribution in [2.24, 2.45) is 0 Å². The van der Waals surface area contributed by atoms with Crippen LogP contribution in [0.15, 0.2) is 72.1 Å². The summed E-state index contributed by atoms with van der Waals surface area (Å²) in [4.78, 5) is 16.6. The monoisotopic (exact) mass is 346 g/mol. The zero-order valence-electron chi connectivity index (χ0n) is 13.2. The van der Waals surface area contributed by atoms with E-state index in [0.717, 1.165) is 22.0 Å². The van der Waals surface area contributed by atoms with Gasteiger partial charge in [-0.2, -0.15) is 0 Å². The highest BCUT2D eigenvalue weighted by Crippen LogP contribution is 2.25. The Morgan fingerprint density at radius 1 is 0.960 bits per heavy atom. The highest BCUT2D eigenvalue weighted by Gasteiger charge is 2.10. The number of thiazole rings is 1. The fourth-order valence-corrected chi connectivity index (χ4v) is 3.17. The Bertz CT molecular complexity index is 1050. The second kappa shape index (κ2) is 6.37. The van der Waals surface area contributed by atoms with E-state index in [-0.39, 0.29) is 5.97 Å². The van der Waals surface area contributed by atoms with Gasteiger partial charge in [-0.3, -0.25) is 0 Å². The highest BCUT2D eigenvalue weighted by molar-refractivity contribution is 7.13. The van der Waals surface area contributed by atoms with Gasteiger partial charge in [-0.1, -0.05) is 30.3 Å². The number of anilines is 1. The minimum Gasteiger partial charge on any atom is -0.423 e. The molecule has 0 saturated carbocycles. The lowest BCUT2D eigenvalue weighted by atomic mass is 10.1. The molecule has 1 aromatic heterocycles. The quantitative estimate of drug-likeness (QED) is 0.429. The van der Waals surface area contributed by atoms with Crippen molar-refractivity contribution in [3.63, 3.8) is 0 Å². The molecule has 0 saturated heterocycles. The molecule has 4 rings (SSSR count). The molecule has 4 aromatic rings. The molecule has 0 aliphatic heterocycles. The third kappa shape index (κ3) is 3.22. The van der Waals surface area contributed by atoms with E-state index < -0.39 is 0 Å². The summed E-state index contributed by atoms with van der Waals surface area (Å²) in [5, 5.41) is 4.52. The van der Waals surface area contributed by atoms with Crippen molar-refractivity contribution >= 4 is 33.2 Å². The van der Waals surface area contributed by atoms with Gasteiger partial charge < -0.3 is 10.5 Å². The summed E-state index contributed by atoms with van der Waals surface area (Å²) in [5.74, 6) is 0.113. The number of fused-ring (bicyclic) bond motifs is 1. The molecule has 0 bridgehead atoms. The number of carbonyl (C=O) groups excluding carboxylic acids is 1. The van der Waals surface area contributed by atoms with Crippen molar-refractivity contribution in [2.45, 2.75) is 0 Å². The van der Waals surface area contributed by atoms with Crippen LogP contribution >= 0.6 is 11.3 Å². The van der Waals surface area contributed by atoms with Gasteiger partial charge in [-0.15, -0.1) is 11.3 Å². The highest BCUT2D eigenvalue weighted by atomic mass is 32.1. The number of nitrogens with zero attached hydrogens (tertiary/aromatic N) is 1. The van der Waals surface area contributed by atoms with Crippen LogP contribution in [0.2, 0.25) is 0 Å². The number of nitrogens with two attached hydrogens (primary N) is 1. The van der Waals surface area contributed by atoms with Gasteiger partial charge in [0, 0.05) is 10.9 Å². The first-order valence-corrected chi connectivity index (χ1v) is 8.59. The van der Waals surface area contributed by atoms with Crippen LogP contribution in [-0.4, -0.2) is 11.0 Å². The summed E-state index contributed by atoms with van der Waals surface area (Å²) >= 11 is 1.39. The van der Waals surface area contributed by atoms with Crippen molar-refractivity contribution in [3.05, 3.63) is 77.7 Å². The van der Waals surface area contributed by atoms with Crippen molar-refractivity contribution < 1.29 is 9.53 Å². The molecule has 25 heavy (non-hydrogen) atoms. The first kappa shape index (κ1) is 15.4. The number of hydrogen-bond acceptors (Lipinski definition) is 5. The van der Waals surface area contributed by atoms with E-state index in [1.807, 2.05) is 53.9 Å². The molecule has 0 spiro atoms. The fourth-order valence-electron chi connectivity index (χ4n) is 2.60. The maximum Gasteiger partial charge on any atom is 0.343 e. The average molecular weight is 346 g/mol. The molecule has 5 heteroatoms. The molecular weight excluding hydrogens is 332 g/mol. The van der Waals surface area contributed by atoms with Crippen LogP contribution in [0.1, 0.15) is 10.4 Å². The molecule has 4 nitrogen and oxygen atoms in total. The number of aromatic nitrogens is 1. The Hall–Kier alpha value is -3.18. The molecule has 2 N–H and O–H groups in total. The van der Waals surface area contributed by atoms with Gasteiger partial charge >= 0.3 is 5.97 Å². The van der Waals surface area contributed by atoms with E-state index in [9.17, 15) is 4.79 Å². The SMILES string of the molecule is Nc1nc(-c2ccc(OC(=O)c3ccc4ccccc4c3)cc2)cs1. The minimum atomic E-state index is -0.378. The molecule has 122 valence electrons. The Balaban J connectivity index is 1.53. The van der Waals surface area contributed by atoms with E-state index in [1.165, 1.54) is 11.3 Å². The Morgan fingerprint density at radius 3 is 2.44 bits per heavy atom. The van der Waals surface area contributed by atoms with E-state index in [4.69, 9.17) is 10.5 Å². The number of ether oxygens (including phenoxy) is 1. The first-order chi connectivity index (χ1) is 12.2. The van der Waals surface area contributed by atoms with Crippen molar-refractivity contribution in [1.82, 2.24) is 4.98 Å². The second-order valence-electron chi connectivity index (χ2n) is 5.55. The van der Waals surface area contributed by atoms with Crippen molar-refractivity contribution in [3.8, 4) is 17.0 Å².